The van der Waals surface area contributed by atoms with E-state index in [2.05, 4.69) is 43.4 Å². The van der Waals surface area contributed by atoms with E-state index in [-0.39, 0.29) is 0 Å². The Kier molecular flexibility index (Phi) is 5.86. The summed E-state index contributed by atoms with van der Waals surface area (Å²) in [4.78, 5) is 0. The molecule has 0 aromatic heterocycles. The second kappa shape index (κ2) is 7.65. The van der Waals surface area contributed by atoms with E-state index < -0.39 is 0 Å². The van der Waals surface area contributed by atoms with Crippen LogP contribution >= 0.6 is 0 Å². The van der Waals surface area contributed by atoms with Crippen LogP contribution in [-0.4, -0.2) is 32.9 Å². The van der Waals surface area contributed by atoms with Crippen molar-refractivity contribution in [2.24, 2.45) is 5.92 Å². The lowest BCUT2D eigenvalue weighted by Crippen LogP contribution is -2.35. The molecule has 3 atom stereocenters. The minimum absolute atomic E-state index is 0.514. The summed E-state index contributed by atoms with van der Waals surface area (Å²) in [7, 11) is 1.74. The first-order valence-electron chi connectivity index (χ1n) is 7.66. The van der Waals surface area contributed by atoms with E-state index in [1.54, 1.807) is 7.11 Å². The minimum atomic E-state index is 0.514. The molecule has 0 radical (unpaired) electrons. The first-order valence-corrected chi connectivity index (χ1v) is 7.66. The summed E-state index contributed by atoms with van der Waals surface area (Å²) in [6.07, 6.45) is 2.34. The van der Waals surface area contributed by atoms with Gasteiger partial charge in [0.25, 0.3) is 0 Å². The fraction of sp³-hybridized carbons (Fsp3) is 0.647. The topological polar surface area (TPSA) is 30.5 Å². The molecule has 0 saturated carbocycles. The van der Waals surface area contributed by atoms with Crippen LogP contribution < -0.4 is 10.1 Å². The van der Waals surface area contributed by atoms with Crippen LogP contribution in [0.3, 0.4) is 0 Å². The standard InChI is InChI=1S/C17H27NO2/c1-13(14(2)18-9-11-19-3)12-15-8-10-20-17-7-5-4-6-16(15)17/h4-7,13-15,18H,8-12H2,1-3H3. The van der Waals surface area contributed by atoms with Crippen molar-refractivity contribution in [3.8, 4) is 5.75 Å². The number of rotatable bonds is 7. The third-order valence-electron chi connectivity index (χ3n) is 4.37. The van der Waals surface area contributed by atoms with Gasteiger partial charge in [0.05, 0.1) is 13.2 Å². The van der Waals surface area contributed by atoms with Crippen LogP contribution in [0, 0.1) is 5.92 Å². The Morgan fingerprint density at radius 1 is 1.35 bits per heavy atom. The molecule has 2 rings (SSSR count). The van der Waals surface area contributed by atoms with Crippen LogP contribution in [0.1, 0.15) is 38.2 Å². The van der Waals surface area contributed by atoms with Crippen LogP contribution in [0.4, 0.5) is 0 Å². The van der Waals surface area contributed by atoms with Crippen LogP contribution in [0.25, 0.3) is 0 Å². The van der Waals surface area contributed by atoms with Gasteiger partial charge in [0.15, 0.2) is 0 Å². The van der Waals surface area contributed by atoms with E-state index in [4.69, 9.17) is 9.47 Å². The molecule has 1 aromatic rings. The van der Waals surface area contributed by atoms with E-state index in [1.165, 1.54) is 12.0 Å². The van der Waals surface area contributed by atoms with Crippen molar-refractivity contribution in [2.75, 3.05) is 26.9 Å². The van der Waals surface area contributed by atoms with Gasteiger partial charge < -0.3 is 14.8 Å². The van der Waals surface area contributed by atoms with E-state index in [9.17, 15) is 0 Å². The predicted molar refractivity (Wildman–Crippen MR) is 82.4 cm³/mol. The monoisotopic (exact) mass is 277 g/mol. The van der Waals surface area contributed by atoms with Gasteiger partial charge in [0.1, 0.15) is 5.75 Å². The molecule has 20 heavy (non-hydrogen) atoms. The lowest BCUT2D eigenvalue weighted by atomic mass is 9.83. The molecule has 3 heteroatoms. The largest absolute Gasteiger partial charge is 0.493 e. The fourth-order valence-electron chi connectivity index (χ4n) is 2.90. The number of ether oxygens (including phenoxy) is 2. The lowest BCUT2D eigenvalue weighted by Gasteiger charge is -2.30. The molecule has 0 saturated heterocycles. The second-order valence-corrected chi connectivity index (χ2v) is 5.82. The maximum atomic E-state index is 5.74. The molecule has 0 spiro atoms. The van der Waals surface area contributed by atoms with Gasteiger partial charge in [0.2, 0.25) is 0 Å². The highest BCUT2D eigenvalue weighted by Crippen LogP contribution is 2.37. The van der Waals surface area contributed by atoms with Gasteiger partial charge in [0, 0.05) is 19.7 Å². The molecule has 1 heterocycles. The zero-order chi connectivity index (χ0) is 14.4. The Hall–Kier alpha value is -1.06. The van der Waals surface area contributed by atoms with Crippen LogP contribution in [0.15, 0.2) is 24.3 Å². The number of fused-ring (bicyclic) bond motifs is 1. The van der Waals surface area contributed by atoms with E-state index >= 15 is 0 Å². The van der Waals surface area contributed by atoms with Gasteiger partial charge in [-0.1, -0.05) is 25.1 Å². The summed E-state index contributed by atoms with van der Waals surface area (Å²) in [6.45, 7) is 7.15. The molecule has 1 N–H and O–H groups in total. The molecule has 1 aliphatic heterocycles. The van der Waals surface area contributed by atoms with E-state index in [1.807, 2.05) is 0 Å². The molecule has 0 fully saturated rings. The van der Waals surface area contributed by atoms with Crippen molar-refractivity contribution in [3.05, 3.63) is 29.8 Å². The Morgan fingerprint density at radius 3 is 2.95 bits per heavy atom. The second-order valence-electron chi connectivity index (χ2n) is 5.82. The molecule has 0 amide bonds. The van der Waals surface area contributed by atoms with Gasteiger partial charge >= 0.3 is 0 Å². The van der Waals surface area contributed by atoms with Crippen LogP contribution in [0.2, 0.25) is 0 Å². The number of hydrogen-bond acceptors (Lipinski definition) is 3. The fourth-order valence-corrected chi connectivity index (χ4v) is 2.90. The van der Waals surface area contributed by atoms with Gasteiger partial charge in [-0.05, 0) is 43.2 Å². The number of para-hydroxylation sites is 1. The molecule has 3 nitrogen and oxygen atoms in total. The maximum absolute atomic E-state index is 5.74. The van der Waals surface area contributed by atoms with E-state index in [0.717, 1.165) is 31.9 Å². The zero-order valence-electron chi connectivity index (χ0n) is 12.9. The van der Waals surface area contributed by atoms with Gasteiger partial charge in [-0.3, -0.25) is 0 Å². The molecule has 1 aliphatic rings. The third-order valence-corrected chi connectivity index (χ3v) is 4.37. The zero-order valence-corrected chi connectivity index (χ0v) is 12.9. The molecule has 0 aliphatic carbocycles. The Labute approximate surface area is 122 Å². The van der Waals surface area contributed by atoms with Crippen molar-refractivity contribution in [3.63, 3.8) is 0 Å². The molecule has 1 aromatic carbocycles. The predicted octanol–water partition coefficient (Wildman–Crippen LogP) is 3.20. The van der Waals surface area contributed by atoms with Crippen molar-refractivity contribution in [2.45, 2.75) is 38.6 Å². The van der Waals surface area contributed by atoms with Gasteiger partial charge in [-0.25, -0.2) is 0 Å². The number of nitrogens with one attached hydrogen (secondary N) is 1. The van der Waals surface area contributed by atoms with Gasteiger partial charge in [-0.15, -0.1) is 0 Å². The highest BCUT2D eigenvalue weighted by molar-refractivity contribution is 5.37. The first-order chi connectivity index (χ1) is 9.72. The molecule has 0 bridgehead atoms. The normalized spacial score (nSPS) is 20.9. The number of methoxy groups -OCH3 is 1. The summed E-state index contributed by atoms with van der Waals surface area (Å²) in [5, 5.41) is 3.54. The molecule has 3 unspecified atom stereocenters. The van der Waals surface area contributed by atoms with Crippen molar-refractivity contribution >= 4 is 0 Å². The first kappa shape index (κ1) is 15.3. The Bertz CT molecular complexity index is 408. The molecular formula is C17H27NO2. The Morgan fingerprint density at radius 2 is 2.15 bits per heavy atom. The van der Waals surface area contributed by atoms with Crippen molar-refractivity contribution in [1.29, 1.82) is 0 Å². The average molecular weight is 277 g/mol. The van der Waals surface area contributed by atoms with Crippen LogP contribution in [-0.2, 0) is 4.74 Å². The highest BCUT2D eigenvalue weighted by atomic mass is 16.5. The molecule has 112 valence electrons. The third kappa shape index (κ3) is 3.97. The summed E-state index contributed by atoms with van der Waals surface area (Å²) in [6, 6.07) is 8.99. The summed E-state index contributed by atoms with van der Waals surface area (Å²) in [5.41, 5.74) is 1.38. The SMILES string of the molecule is COCCNC(C)C(C)CC1CCOc2ccccc21. The maximum Gasteiger partial charge on any atom is 0.122 e. The number of benzene rings is 1. The van der Waals surface area contributed by atoms with Gasteiger partial charge in [-0.2, -0.15) is 0 Å². The minimum Gasteiger partial charge on any atom is -0.493 e. The Balaban J connectivity index is 1.90. The number of hydrogen-bond donors (Lipinski definition) is 1. The molecular weight excluding hydrogens is 250 g/mol. The quantitative estimate of drug-likeness (QED) is 0.776. The van der Waals surface area contributed by atoms with Crippen molar-refractivity contribution < 1.29 is 9.47 Å². The smallest absolute Gasteiger partial charge is 0.122 e. The van der Waals surface area contributed by atoms with Crippen LogP contribution in [0.5, 0.6) is 5.75 Å². The summed E-state index contributed by atoms with van der Waals surface area (Å²) < 4.78 is 10.8. The summed E-state index contributed by atoms with van der Waals surface area (Å²) in [5.74, 6) is 2.35. The van der Waals surface area contributed by atoms with E-state index in [0.29, 0.717) is 17.9 Å². The highest BCUT2D eigenvalue weighted by Gasteiger charge is 2.24. The lowest BCUT2D eigenvalue weighted by molar-refractivity contribution is 0.190. The average Bonchev–Trinajstić information content (AvgIpc) is 2.47. The van der Waals surface area contributed by atoms with Crippen molar-refractivity contribution in [1.82, 2.24) is 5.32 Å². The summed E-state index contributed by atoms with van der Waals surface area (Å²) >= 11 is 0.